The second kappa shape index (κ2) is 5.75. The molecule has 3 rings (SSSR count). The summed E-state index contributed by atoms with van der Waals surface area (Å²) in [5.41, 5.74) is 1.89. The van der Waals surface area contributed by atoms with E-state index < -0.39 is 17.6 Å². The summed E-state index contributed by atoms with van der Waals surface area (Å²) in [4.78, 5) is 26.3. The topological polar surface area (TPSA) is 85.0 Å². The highest BCUT2D eigenvalue weighted by Gasteiger charge is 2.39. The van der Waals surface area contributed by atoms with Crippen molar-refractivity contribution in [2.75, 3.05) is 4.90 Å². The zero-order chi connectivity index (χ0) is 16.4. The van der Waals surface area contributed by atoms with E-state index in [1.807, 2.05) is 36.4 Å². The van der Waals surface area contributed by atoms with Gasteiger partial charge in [0.25, 0.3) is 5.91 Å². The molecule has 1 aliphatic heterocycles. The van der Waals surface area contributed by atoms with Crippen LogP contribution in [-0.2, 0) is 11.3 Å². The van der Waals surface area contributed by atoms with Crippen molar-refractivity contribution in [2.45, 2.75) is 6.54 Å². The highest BCUT2D eigenvalue weighted by Crippen LogP contribution is 2.32. The molecule has 23 heavy (non-hydrogen) atoms. The summed E-state index contributed by atoms with van der Waals surface area (Å²) >= 11 is 0. The van der Waals surface area contributed by atoms with Gasteiger partial charge in [0.05, 0.1) is 29.9 Å². The molecule has 0 saturated carbocycles. The number of rotatable bonds is 2. The second-order valence-electron chi connectivity index (χ2n) is 5.18. The number of fused-ring (bicyclic) bond motifs is 1. The Bertz CT molecular complexity index is 875. The standard InChI is InChI=1S/C18H11N3O2/c19-9-13-6-7-16-14(8-13)17(22)15(10-20)18(23)21(16)11-12-4-2-1-3-5-12/h1-8,15H,11H2/t15-/m0/s1. The van der Waals surface area contributed by atoms with E-state index >= 15 is 0 Å². The SMILES string of the molecule is N#Cc1ccc2c(c1)C(=O)[C@H](C#N)C(=O)N2Cc1ccccc1. The van der Waals surface area contributed by atoms with E-state index in [-0.39, 0.29) is 12.1 Å². The van der Waals surface area contributed by atoms with Gasteiger partial charge in [0.15, 0.2) is 11.7 Å². The van der Waals surface area contributed by atoms with E-state index in [9.17, 15) is 14.9 Å². The van der Waals surface area contributed by atoms with Gasteiger partial charge in [0, 0.05) is 5.56 Å². The number of nitrogens with zero attached hydrogens (tertiary/aromatic N) is 3. The van der Waals surface area contributed by atoms with Crippen LogP contribution in [0.5, 0.6) is 0 Å². The summed E-state index contributed by atoms with van der Waals surface area (Å²) in [5, 5.41) is 18.2. The third kappa shape index (κ3) is 2.45. The minimum Gasteiger partial charge on any atom is -0.306 e. The highest BCUT2D eigenvalue weighted by molar-refractivity contribution is 6.23. The van der Waals surface area contributed by atoms with E-state index in [1.165, 1.54) is 11.0 Å². The van der Waals surface area contributed by atoms with Gasteiger partial charge in [0.1, 0.15) is 0 Å². The molecule has 1 atom stereocenters. The van der Waals surface area contributed by atoms with Crippen molar-refractivity contribution >= 4 is 17.4 Å². The number of carbonyl (C=O) groups is 2. The van der Waals surface area contributed by atoms with Crippen molar-refractivity contribution in [1.82, 2.24) is 0 Å². The van der Waals surface area contributed by atoms with E-state index in [4.69, 9.17) is 5.26 Å². The lowest BCUT2D eigenvalue weighted by molar-refractivity contribution is -0.120. The zero-order valence-corrected chi connectivity index (χ0v) is 12.1. The van der Waals surface area contributed by atoms with Crippen LogP contribution in [0.2, 0.25) is 0 Å². The Morgan fingerprint density at radius 3 is 2.43 bits per heavy atom. The lowest BCUT2D eigenvalue weighted by Crippen LogP contribution is -2.43. The predicted molar refractivity (Wildman–Crippen MR) is 82.2 cm³/mol. The molecule has 0 aliphatic carbocycles. The number of ketones is 1. The fourth-order valence-corrected chi connectivity index (χ4v) is 2.62. The van der Waals surface area contributed by atoms with Gasteiger partial charge in [0.2, 0.25) is 0 Å². The van der Waals surface area contributed by atoms with Crippen LogP contribution in [0.3, 0.4) is 0 Å². The van der Waals surface area contributed by atoms with Crippen molar-refractivity contribution in [2.24, 2.45) is 5.92 Å². The molecule has 5 nitrogen and oxygen atoms in total. The summed E-state index contributed by atoms with van der Waals surface area (Å²) < 4.78 is 0. The van der Waals surface area contributed by atoms with Crippen molar-refractivity contribution in [3.63, 3.8) is 0 Å². The fourth-order valence-electron chi connectivity index (χ4n) is 2.62. The molecule has 0 aromatic heterocycles. The van der Waals surface area contributed by atoms with Crippen LogP contribution >= 0.6 is 0 Å². The highest BCUT2D eigenvalue weighted by atomic mass is 16.2. The lowest BCUT2D eigenvalue weighted by Gasteiger charge is -2.31. The van der Waals surface area contributed by atoms with Crippen LogP contribution < -0.4 is 4.90 Å². The van der Waals surface area contributed by atoms with Gasteiger partial charge >= 0.3 is 0 Å². The molecule has 0 spiro atoms. The molecule has 0 N–H and O–H groups in total. The van der Waals surface area contributed by atoms with Crippen LogP contribution in [-0.4, -0.2) is 11.7 Å². The first kappa shape index (κ1) is 14.5. The number of nitriles is 2. The molecule has 0 radical (unpaired) electrons. The Morgan fingerprint density at radius 2 is 1.78 bits per heavy atom. The van der Waals surface area contributed by atoms with Gasteiger partial charge in [-0.15, -0.1) is 0 Å². The van der Waals surface area contributed by atoms with Crippen LogP contribution in [0.4, 0.5) is 5.69 Å². The first-order valence-electron chi connectivity index (χ1n) is 6.99. The normalized spacial score (nSPS) is 16.4. The molecule has 2 aromatic carbocycles. The number of hydrogen-bond acceptors (Lipinski definition) is 4. The van der Waals surface area contributed by atoms with Gasteiger partial charge in [-0.25, -0.2) is 0 Å². The van der Waals surface area contributed by atoms with E-state index in [2.05, 4.69) is 0 Å². The van der Waals surface area contributed by atoms with Gasteiger partial charge in [-0.1, -0.05) is 30.3 Å². The van der Waals surface area contributed by atoms with Gasteiger partial charge in [-0.2, -0.15) is 10.5 Å². The molecular weight excluding hydrogens is 290 g/mol. The molecule has 110 valence electrons. The summed E-state index contributed by atoms with van der Waals surface area (Å²) in [5.74, 6) is -2.44. The fraction of sp³-hybridized carbons (Fsp3) is 0.111. The average molecular weight is 301 g/mol. The minimum atomic E-state index is -1.36. The third-order valence-electron chi connectivity index (χ3n) is 3.77. The Balaban J connectivity index is 2.11. The maximum Gasteiger partial charge on any atom is 0.252 e. The lowest BCUT2D eigenvalue weighted by atomic mass is 9.90. The number of hydrogen-bond donors (Lipinski definition) is 0. The van der Waals surface area contributed by atoms with E-state index in [0.717, 1.165) is 5.56 Å². The number of amides is 1. The molecule has 0 unspecified atom stereocenters. The van der Waals surface area contributed by atoms with Crippen molar-refractivity contribution in [1.29, 1.82) is 10.5 Å². The zero-order valence-electron chi connectivity index (χ0n) is 12.1. The molecule has 1 heterocycles. The summed E-state index contributed by atoms with van der Waals surface area (Å²) in [6, 6.07) is 17.6. The molecule has 1 amide bonds. The quantitative estimate of drug-likeness (QED) is 0.797. The maximum absolute atomic E-state index is 12.5. The summed E-state index contributed by atoms with van der Waals surface area (Å²) in [6.45, 7) is 0.268. The van der Waals surface area contributed by atoms with Crippen LogP contribution in [0.25, 0.3) is 0 Å². The van der Waals surface area contributed by atoms with Crippen LogP contribution in [0, 0.1) is 28.6 Å². The van der Waals surface area contributed by atoms with E-state index in [0.29, 0.717) is 11.3 Å². The van der Waals surface area contributed by atoms with Gasteiger partial charge < -0.3 is 4.90 Å². The van der Waals surface area contributed by atoms with E-state index in [1.54, 1.807) is 18.2 Å². The Hall–Kier alpha value is -3.44. The van der Waals surface area contributed by atoms with Crippen molar-refractivity contribution in [3.05, 3.63) is 65.2 Å². The minimum absolute atomic E-state index is 0.242. The first-order chi connectivity index (χ1) is 11.2. The van der Waals surface area contributed by atoms with Crippen LogP contribution in [0.1, 0.15) is 21.5 Å². The Labute approximate surface area is 133 Å². The summed E-state index contributed by atoms with van der Waals surface area (Å²) in [7, 11) is 0. The Kier molecular flexibility index (Phi) is 3.62. The first-order valence-corrected chi connectivity index (χ1v) is 6.99. The molecule has 2 aromatic rings. The predicted octanol–water partition coefficient (Wildman–Crippen LogP) is 2.43. The number of Topliss-reactive ketones (excluding diaryl/α,β-unsaturated/α-hetero) is 1. The second-order valence-corrected chi connectivity index (χ2v) is 5.18. The largest absolute Gasteiger partial charge is 0.306 e. The Morgan fingerprint density at radius 1 is 1.04 bits per heavy atom. The number of benzene rings is 2. The third-order valence-corrected chi connectivity index (χ3v) is 3.77. The van der Waals surface area contributed by atoms with Crippen molar-refractivity contribution < 1.29 is 9.59 Å². The number of carbonyl (C=O) groups excluding carboxylic acids is 2. The molecular formula is C18H11N3O2. The molecule has 0 fully saturated rings. The molecule has 0 saturated heterocycles. The average Bonchev–Trinajstić information content (AvgIpc) is 2.59. The smallest absolute Gasteiger partial charge is 0.252 e. The number of anilines is 1. The van der Waals surface area contributed by atoms with Crippen molar-refractivity contribution in [3.8, 4) is 12.1 Å². The molecule has 0 bridgehead atoms. The monoisotopic (exact) mass is 301 g/mol. The van der Waals surface area contributed by atoms with Gasteiger partial charge in [-0.3, -0.25) is 9.59 Å². The maximum atomic E-state index is 12.5. The summed E-state index contributed by atoms with van der Waals surface area (Å²) in [6.07, 6.45) is 0. The van der Waals surface area contributed by atoms with Gasteiger partial charge in [-0.05, 0) is 23.8 Å². The molecule has 1 aliphatic rings. The van der Waals surface area contributed by atoms with Crippen LogP contribution in [0.15, 0.2) is 48.5 Å². The molecule has 5 heteroatoms.